The Morgan fingerprint density at radius 2 is 1.96 bits per heavy atom. The zero-order chi connectivity index (χ0) is 19.8. The van der Waals surface area contributed by atoms with Crippen molar-refractivity contribution < 1.29 is 4.79 Å². The summed E-state index contributed by atoms with van der Waals surface area (Å²) in [6.07, 6.45) is 7.19. The molecule has 1 amide bonds. The van der Waals surface area contributed by atoms with Gasteiger partial charge in [-0.15, -0.1) is 11.3 Å². The number of amides is 1. The molecule has 146 valence electrons. The van der Waals surface area contributed by atoms with Crippen molar-refractivity contribution in [3.8, 4) is 0 Å². The standard InChI is InChI=1S/C21H22ClN3O2S/c1-12-15(22)9-6-10-16(12)24-19(26)18-13(2)17-20(28-18)23-11-25(21(17)27)14-7-4-3-5-8-14/h6,9-11,14H,3-5,7-8H2,1-2H3,(H,24,26). The van der Waals surface area contributed by atoms with Gasteiger partial charge in [0, 0.05) is 16.8 Å². The van der Waals surface area contributed by atoms with Gasteiger partial charge in [0.15, 0.2) is 0 Å². The number of thiophene rings is 1. The molecule has 1 saturated carbocycles. The van der Waals surface area contributed by atoms with Crippen LogP contribution in [0.2, 0.25) is 5.02 Å². The SMILES string of the molecule is Cc1c(Cl)cccc1NC(=O)c1sc2ncn(C3CCCCC3)c(=O)c2c1C. The normalized spacial score (nSPS) is 15.1. The van der Waals surface area contributed by atoms with Crippen LogP contribution in [0.15, 0.2) is 29.3 Å². The number of rotatable bonds is 3. The van der Waals surface area contributed by atoms with Gasteiger partial charge in [-0.2, -0.15) is 0 Å². The Kier molecular flexibility index (Phi) is 5.25. The van der Waals surface area contributed by atoms with E-state index in [1.807, 2.05) is 19.9 Å². The summed E-state index contributed by atoms with van der Waals surface area (Å²) in [6, 6.07) is 5.61. The molecule has 0 spiro atoms. The first-order valence-electron chi connectivity index (χ1n) is 9.54. The molecule has 0 radical (unpaired) electrons. The molecule has 1 aliphatic rings. The van der Waals surface area contributed by atoms with E-state index in [-0.39, 0.29) is 17.5 Å². The first-order chi connectivity index (χ1) is 13.5. The molecule has 0 atom stereocenters. The lowest BCUT2D eigenvalue weighted by molar-refractivity contribution is 0.103. The highest BCUT2D eigenvalue weighted by Gasteiger charge is 2.23. The number of nitrogens with zero attached hydrogens (tertiary/aromatic N) is 2. The highest BCUT2D eigenvalue weighted by atomic mass is 35.5. The molecule has 5 nitrogen and oxygen atoms in total. The fourth-order valence-corrected chi connectivity index (χ4v) is 5.10. The highest BCUT2D eigenvalue weighted by molar-refractivity contribution is 7.20. The average molecular weight is 416 g/mol. The van der Waals surface area contributed by atoms with E-state index in [0.29, 0.717) is 31.4 Å². The van der Waals surface area contributed by atoms with Gasteiger partial charge >= 0.3 is 0 Å². The van der Waals surface area contributed by atoms with Crippen LogP contribution in [0.25, 0.3) is 10.2 Å². The lowest BCUT2D eigenvalue weighted by Crippen LogP contribution is -2.26. The summed E-state index contributed by atoms with van der Waals surface area (Å²) >= 11 is 7.41. The minimum absolute atomic E-state index is 0.0383. The van der Waals surface area contributed by atoms with Crippen molar-refractivity contribution >= 4 is 44.7 Å². The van der Waals surface area contributed by atoms with Gasteiger partial charge in [-0.3, -0.25) is 14.2 Å². The van der Waals surface area contributed by atoms with Gasteiger partial charge < -0.3 is 5.32 Å². The first kappa shape index (κ1) is 19.2. The van der Waals surface area contributed by atoms with Crippen molar-refractivity contribution in [2.75, 3.05) is 5.32 Å². The Balaban J connectivity index is 1.71. The molecule has 3 aromatic rings. The number of aryl methyl sites for hydroxylation is 1. The molecule has 1 aromatic carbocycles. The molecule has 2 aromatic heterocycles. The van der Waals surface area contributed by atoms with Crippen molar-refractivity contribution in [3.63, 3.8) is 0 Å². The van der Waals surface area contributed by atoms with Crippen LogP contribution < -0.4 is 10.9 Å². The van der Waals surface area contributed by atoms with E-state index in [4.69, 9.17) is 11.6 Å². The molecular formula is C21H22ClN3O2S. The van der Waals surface area contributed by atoms with Gasteiger partial charge in [0.05, 0.1) is 16.6 Å². The number of carbonyl (C=O) groups excluding carboxylic acids is 1. The Labute approximate surface area is 172 Å². The third-order valence-corrected chi connectivity index (χ3v) is 7.17. The number of hydrogen-bond donors (Lipinski definition) is 1. The third-order valence-electron chi connectivity index (χ3n) is 5.57. The molecule has 1 N–H and O–H groups in total. The summed E-state index contributed by atoms with van der Waals surface area (Å²) in [7, 11) is 0. The topological polar surface area (TPSA) is 64.0 Å². The van der Waals surface area contributed by atoms with Crippen molar-refractivity contribution in [3.05, 3.63) is 55.9 Å². The molecule has 1 aliphatic carbocycles. The maximum atomic E-state index is 13.1. The van der Waals surface area contributed by atoms with Gasteiger partial charge in [0.2, 0.25) is 0 Å². The van der Waals surface area contributed by atoms with Crippen LogP contribution in [0.3, 0.4) is 0 Å². The summed E-state index contributed by atoms with van der Waals surface area (Å²) in [5.74, 6) is -0.241. The molecule has 1 fully saturated rings. The smallest absolute Gasteiger partial charge is 0.266 e. The molecule has 28 heavy (non-hydrogen) atoms. The zero-order valence-corrected chi connectivity index (χ0v) is 17.5. The van der Waals surface area contributed by atoms with Crippen LogP contribution in [0.4, 0.5) is 5.69 Å². The van der Waals surface area contributed by atoms with Crippen LogP contribution in [0, 0.1) is 13.8 Å². The predicted molar refractivity (Wildman–Crippen MR) is 115 cm³/mol. The van der Waals surface area contributed by atoms with Crippen molar-refractivity contribution in [2.45, 2.75) is 52.0 Å². The second kappa shape index (κ2) is 7.68. The van der Waals surface area contributed by atoms with Crippen molar-refractivity contribution in [1.29, 1.82) is 0 Å². The molecule has 0 aliphatic heterocycles. The fraction of sp³-hybridized carbons (Fsp3) is 0.381. The number of fused-ring (bicyclic) bond motifs is 1. The Hall–Kier alpha value is -2.18. The maximum absolute atomic E-state index is 13.1. The van der Waals surface area contributed by atoms with Crippen molar-refractivity contribution in [2.24, 2.45) is 0 Å². The molecule has 2 heterocycles. The number of carbonyl (C=O) groups is 1. The van der Waals surface area contributed by atoms with Crippen molar-refractivity contribution in [1.82, 2.24) is 9.55 Å². The lowest BCUT2D eigenvalue weighted by Gasteiger charge is -2.23. The minimum atomic E-state index is -0.241. The summed E-state index contributed by atoms with van der Waals surface area (Å²) in [5.41, 5.74) is 2.14. The van der Waals surface area contributed by atoms with Gasteiger partial charge in [-0.05, 0) is 49.9 Å². The number of halogens is 1. The third kappa shape index (κ3) is 3.35. The van der Waals surface area contributed by atoms with Crippen LogP contribution in [0.5, 0.6) is 0 Å². The van der Waals surface area contributed by atoms with Crippen LogP contribution >= 0.6 is 22.9 Å². The van der Waals surface area contributed by atoms with E-state index < -0.39 is 0 Å². The first-order valence-corrected chi connectivity index (χ1v) is 10.7. The lowest BCUT2D eigenvalue weighted by atomic mass is 9.95. The fourth-order valence-electron chi connectivity index (χ4n) is 3.90. The number of anilines is 1. The van der Waals surface area contributed by atoms with Crippen LogP contribution in [-0.4, -0.2) is 15.5 Å². The van der Waals surface area contributed by atoms with E-state index in [1.54, 1.807) is 23.0 Å². The van der Waals surface area contributed by atoms with Crippen LogP contribution in [0.1, 0.15) is 58.9 Å². The largest absolute Gasteiger partial charge is 0.321 e. The van der Waals surface area contributed by atoms with Gasteiger partial charge in [-0.25, -0.2) is 4.98 Å². The van der Waals surface area contributed by atoms with E-state index in [0.717, 1.165) is 31.2 Å². The summed E-state index contributed by atoms with van der Waals surface area (Å²) in [6.45, 7) is 3.69. The minimum Gasteiger partial charge on any atom is -0.321 e. The van der Waals surface area contributed by atoms with Gasteiger partial charge in [-0.1, -0.05) is 36.9 Å². The Morgan fingerprint density at radius 1 is 1.21 bits per heavy atom. The van der Waals surface area contributed by atoms with E-state index in [2.05, 4.69) is 10.3 Å². The molecule has 0 unspecified atom stereocenters. The van der Waals surface area contributed by atoms with Crippen LogP contribution in [-0.2, 0) is 0 Å². The quantitative estimate of drug-likeness (QED) is 0.615. The molecule has 4 rings (SSSR count). The monoisotopic (exact) mass is 415 g/mol. The number of nitrogens with one attached hydrogen (secondary N) is 1. The average Bonchev–Trinajstić information content (AvgIpc) is 3.04. The second-order valence-corrected chi connectivity index (χ2v) is 8.76. The second-order valence-electron chi connectivity index (χ2n) is 7.35. The highest BCUT2D eigenvalue weighted by Crippen LogP contribution is 2.31. The zero-order valence-electron chi connectivity index (χ0n) is 15.9. The number of hydrogen-bond acceptors (Lipinski definition) is 4. The molecular weight excluding hydrogens is 394 g/mol. The van der Waals surface area contributed by atoms with E-state index in [1.165, 1.54) is 17.8 Å². The number of benzene rings is 1. The Morgan fingerprint density at radius 3 is 2.71 bits per heavy atom. The summed E-state index contributed by atoms with van der Waals surface area (Å²) in [4.78, 5) is 31.6. The molecule has 0 saturated heterocycles. The van der Waals surface area contributed by atoms with E-state index >= 15 is 0 Å². The predicted octanol–water partition coefficient (Wildman–Crippen LogP) is 5.49. The maximum Gasteiger partial charge on any atom is 0.266 e. The Bertz CT molecular complexity index is 1110. The van der Waals surface area contributed by atoms with E-state index in [9.17, 15) is 9.59 Å². The van der Waals surface area contributed by atoms with Gasteiger partial charge in [0.1, 0.15) is 4.83 Å². The summed E-state index contributed by atoms with van der Waals surface area (Å²) < 4.78 is 1.77. The molecule has 0 bridgehead atoms. The summed E-state index contributed by atoms with van der Waals surface area (Å²) in [5, 5.41) is 4.08. The molecule has 7 heteroatoms. The van der Waals surface area contributed by atoms with Gasteiger partial charge in [0.25, 0.3) is 11.5 Å². The number of aromatic nitrogens is 2.